The highest BCUT2D eigenvalue weighted by molar-refractivity contribution is 6.00. The molecule has 0 spiro atoms. The Morgan fingerprint density at radius 2 is 1.75 bits per heavy atom. The van der Waals surface area contributed by atoms with Crippen LogP contribution in [0, 0.1) is 40.4 Å². The van der Waals surface area contributed by atoms with E-state index >= 15 is 0 Å². The zero-order chi connectivity index (χ0) is 20.3. The number of carbonyl (C=O) groups excluding carboxylic acids is 1. The lowest BCUT2D eigenvalue weighted by Gasteiger charge is -2.60. The van der Waals surface area contributed by atoms with Crippen LogP contribution in [-0.2, 0) is 0 Å². The highest BCUT2D eigenvalue weighted by atomic mass is 16.3. The first-order valence-electron chi connectivity index (χ1n) is 11.4. The zero-order valence-corrected chi connectivity index (χ0v) is 18.3. The number of carbonyl (C=O) groups is 1. The summed E-state index contributed by atoms with van der Waals surface area (Å²) >= 11 is 0. The summed E-state index contributed by atoms with van der Waals surface area (Å²) in [7, 11) is 0. The van der Waals surface area contributed by atoms with Crippen LogP contribution in [0.1, 0.15) is 90.1 Å². The average molecular weight is 387 g/mol. The summed E-state index contributed by atoms with van der Waals surface area (Å²) in [6.07, 6.45) is 8.79. The smallest absolute Gasteiger partial charge is 0.229 e. The molecule has 3 fully saturated rings. The van der Waals surface area contributed by atoms with Gasteiger partial charge in [0.1, 0.15) is 5.60 Å². The van der Waals surface area contributed by atoms with Crippen LogP contribution in [0.15, 0.2) is 22.8 Å². The molecule has 1 heterocycles. The molecular formula is C25H38O3. The van der Waals surface area contributed by atoms with Crippen LogP contribution >= 0.6 is 0 Å². The summed E-state index contributed by atoms with van der Waals surface area (Å²) in [4.78, 5) is 13.4. The number of ketones is 1. The molecule has 0 aromatic carbocycles. The Labute approximate surface area is 170 Å². The molecule has 7 atom stereocenters. The molecule has 3 nitrogen and oxygen atoms in total. The van der Waals surface area contributed by atoms with E-state index in [0.717, 1.165) is 31.6 Å². The SMILES string of the molecule is C[C@@H]1CCC(O)(C(=O)c2ccco2)[C@@]2(C)CC[C@H]3[C@H](C)CC[C@@H](C[C@H]12)C3(C)C. The van der Waals surface area contributed by atoms with Gasteiger partial charge in [0, 0.05) is 5.41 Å². The zero-order valence-electron chi connectivity index (χ0n) is 18.3. The van der Waals surface area contributed by atoms with E-state index in [1.807, 2.05) is 0 Å². The van der Waals surface area contributed by atoms with Gasteiger partial charge in [-0.1, -0.05) is 41.0 Å². The molecule has 1 N–H and O–H groups in total. The quantitative estimate of drug-likeness (QED) is 0.623. The molecule has 2 bridgehead atoms. The van der Waals surface area contributed by atoms with Gasteiger partial charge in [-0.15, -0.1) is 0 Å². The lowest BCUT2D eigenvalue weighted by atomic mass is 9.45. The number of hydrogen-bond donors (Lipinski definition) is 1. The second kappa shape index (κ2) is 6.72. The van der Waals surface area contributed by atoms with Gasteiger partial charge in [0.2, 0.25) is 5.78 Å². The molecule has 156 valence electrons. The minimum atomic E-state index is -1.32. The van der Waals surface area contributed by atoms with Crippen LogP contribution in [0.25, 0.3) is 0 Å². The van der Waals surface area contributed by atoms with Crippen molar-refractivity contribution in [1.29, 1.82) is 0 Å². The largest absolute Gasteiger partial charge is 0.461 e. The van der Waals surface area contributed by atoms with Crippen molar-refractivity contribution in [2.45, 2.75) is 85.2 Å². The van der Waals surface area contributed by atoms with Crippen LogP contribution in [0.5, 0.6) is 0 Å². The predicted molar refractivity (Wildman–Crippen MR) is 111 cm³/mol. The van der Waals surface area contributed by atoms with Crippen molar-refractivity contribution >= 4 is 5.78 Å². The third-order valence-corrected chi connectivity index (χ3v) is 9.71. The van der Waals surface area contributed by atoms with Gasteiger partial charge < -0.3 is 9.52 Å². The number of hydrogen-bond acceptors (Lipinski definition) is 3. The second-order valence-corrected chi connectivity index (χ2v) is 11.2. The van der Waals surface area contributed by atoms with Crippen molar-refractivity contribution in [3.63, 3.8) is 0 Å². The van der Waals surface area contributed by atoms with Crippen LogP contribution in [-0.4, -0.2) is 16.5 Å². The van der Waals surface area contributed by atoms with Crippen LogP contribution in [0.2, 0.25) is 0 Å². The Morgan fingerprint density at radius 3 is 2.43 bits per heavy atom. The summed E-state index contributed by atoms with van der Waals surface area (Å²) in [5.41, 5.74) is -1.36. The second-order valence-electron chi connectivity index (χ2n) is 11.2. The molecule has 3 aliphatic carbocycles. The highest BCUT2D eigenvalue weighted by Crippen LogP contribution is 2.63. The van der Waals surface area contributed by atoms with Crippen molar-refractivity contribution in [2.75, 3.05) is 0 Å². The van der Waals surface area contributed by atoms with Gasteiger partial charge in [-0.25, -0.2) is 0 Å². The fourth-order valence-electron chi connectivity index (χ4n) is 7.64. The molecule has 1 aromatic heterocycles. The van der Waals surface area contributed by atoms with Gasteiger partial charge >= 0.3 is 0 Å². The maximum atomic E-state index is 13.4. The summed E-state index contributed by atoms with van der Waals surface area (Å²) in [6, 6.07) is 3.45. The predicted octanol–water partition coefficient (Wildman–Crippen LogP) is 6.12. The number of aliphatic hydroxyl groups is 1. The molecule has 0 amide bonds. The molecule has 4 rings (SSSR count). The van der Waals surface area contributed by atoms with E-state index in [9.17, 15) is 9.90 Å². The van der Waals surface area contributed by atoms with Crippen molar-refractivity contribution in [3.8, 4) is 0 Å². The maximum absolute atomic E-state index is 13.4. The molecule has 3 aliphatic rings. The molecule has 1 unspecified atom stereocenters. The van der Waals surface area contributed by atoms with Gasteiger partial charge in [0.25, 0.3) is 0 Å². The van der Waals surface area contributed by atoms with E-state index in [1.165, 1.54) is 19.1 Å². The normalized spacial score (nSPS) is 45.6. The molecule has 0 saturated heterocycles. The van der Waals surface area contributed by atoms with Crippen LogP contribution in [0.3, 0.4) is 0 Å². The first-order chi connectivity index (χ1) is 13.1. The van der Waals surface area contributed by atoms with Gasteiger partial charge in [0.05, 0.1) is 6.26 Å². The Bertz CT molecular complexity index is 720. The standard InChI is InChI=1S/C25H38O3/c1-16-8-9-18-15-20-17(2)10-13-25(27,22(26)21-7-6-14-28-21)24(20,5)12-11-19(16)23(18,3)4/h6-7,14,16-20,27H,8-13,15H2,1-5H3/t16-,17-,18+,19+,20-,24+,25?/m1/s1. The van der Waals surface area contributed by atoms with Gasteiger partial charge in [0.15, 0.2) is 5.76 Å². The number of furan rings is 1. The Kier molecular flexibility index (Phi) is 4.85. The minimum Gasteiger partial charge on any atom is -0.461 e. The van der Waals surface area contributed by atoms with Crippen LogP contribution in [0.4, 0.5) is 0 Å². The Balaban J connectivity index is 1.75. The molecule has 1 aromatic rings. The van der Waals surface area contributed by atoms with Crippen molar-refractivity contribution in [2.24, 2.45) is 40.4 Å². The lowest BCUT2D eigenvalue weighted by molar-refractivity contribution is -0.157. The highest BCUT2D eigenvalue weighted by Gasteiger charge is 2.62. The first kappa shape index (κ1) is 20.2. The summed E-state index contributed by atoms with van der Waals surface area (Å²) in [5, 5.41) is 12.0. The molecule has 3 saturated carbocycles. The third-order valence-electron chi connectivity index (χ3n) is 9.71. The van der Waals surface area contributed by atoms with Gasteiger partial charge in [-0.05, 0) is 85.7 Å². The number of Topliss-reactive ketones (excluding diaryl/α,β-unsaturated/α-hetero) is 1. The number of rotatable bonds is 2. The van der Waals surface area contributed by atoms with Gasteiger partial charge in [-0.2, -0.15) is 0 Å². The molecule has 0 aliphatic heterocycles. The fourth-order valence-corrected chi connectivity index (χ4v) is 7.64. The third kappa shape index (κ3) is 2.75. The first-order valence-corrected chi connectivity index (χ1v) is 11.4. The molecule has 28 heavy (non-hydrogen) atoms. The van der Waals surface area contributed by atoms with E-state index in [4.69, 9.17) is 4.42 Å². The van der Waals surface area contributed by atoms with Crippen LogP contribution < -0.4 is 0 Å². The van der Waals surface area contributed by atoms with Crippen molar-refractivity contribution in [3.05, 3.63) is 24.2 Å². The molecule has 0 radical (unpaired) electrons. The average Bonchev–Trinajstić information content (AvgIpc) is 3.17. The topological polar surface area (TPSA) is 50.4 Å². The van der Waals surface area contributed by atoms with E-state index in [2.05, 4.69) is 34.6 Å². The summed E-state index contributed by atoms with van der Waals surface area (Å²) < 4.78 is 5.44. The molecular weight excluding hydrogens is 348 g/mol. The van der Waals surface area contributed by atoms with Crippen molar-refractivity contribution < 1.29 is 14.3 Å². The fraction of sp³-hybridized carbons (Fsp3) is 0.800. The van der Waals surface area contributed by atoms with Crippen molar-refractivity contribution in [1.82, 2.24) is 0 Å². The summed E-state index contributed by atoms with van der Waals surface area (Å²) in [6.45, 7) is 11.9. The summed E-state index contributed by atoms with van der Waals surface area (Å²) in [5.74, 6) is 3.11. The Morgan fingerprint density at radius 1 is 1.04 bits per heavy atom. The monoisotopic (exact) mass is 386 g/mol. The Hall–Kier alpha value is -1.09. The van der Waals surface area contributed by atoms with E-state index < -0.39 is 11.0 Å². The van der Waals surface area contributed by atoms with Gasteiger partial charge in [-0.3, -0.25) is 4.79 Å². The van der Waals surface area contributed by atoms with E-state index in [-0.39, 0.29) is 5.78 Å². The van der Waals surface area contributed by atoms with E-state index in [0.29, 0.717) is 41.3 Å². The minimum absolute atomic E-state index is 0.199. The maximum Gasteiger partial charge on any atom is 0.229 e. The number of fused-ring (bicyclic) bond motifs is 3. The van der Waals surface area contributed by atoms with E-state index in [1.54, 1.807) is 12.1 Å². The lowest BCUT2D eigenvalue weighted by Crippen LogP contribution is -2.62. The molecule has 3 heteroatoms.